The summed E-state index contributed by atoms with van der Waals surface area (Å²) < 4.78 is 7.13. The highest BCUT2D eigenvalue weighted by atomic mass is 16.5. The van der Waals surface area contributed by atoms with Gasteiger partial charge in [0.15, 0.2) is 0 Å². The molecule has 1 aromatic rings. The van der Waals surface area contributed by atoms with Gasteiger partial charge in [0.2, 0.25) is 0 Å². The van der Waals surface area contributed by atoms with E-state index in [1.807, 2.05) is 6.92 Å². The summed E-state index contributed by atoms with van der Waals surface area (Å²) in [5.41, 5.74) is 2.02. The highest BCUT2D eigenvalue weighted by Crippen LogP contribution is 2.22. The van der Waals surface area contributed by atoms with Crippen molar-refractivity contribution in [3.63, 3.8) is 0 Å². The molecule has 2 atom stereocenters. The molecule has 0 aliphatic carbocycles. The molecule has 1 aromatic heterocycles. The second-order valence-corrected chi connectivity index (χ2v) is 5.73. The molecule has 1 saturated heterocycles. The molecule has 2 heterocycles. The zero-order valence-electron chi connectivity index (χ0n) is 12.8. The largest absolute Gasteiger partial charge is 0.481 e. The molecule has 1 aliphatic heterocycles. The van der Waals surface area contributed by atoms with Crippen LogP contribution in [0.15, 0.2) is 4.79 Å². The van der Waals surface area contributed by atoms with E-state index in [9.17, 15) is 9.59 Å². The highest BCUT2D eigenvalue weighted by Gasteiger charge is 2.23. The van der Waals surface area contributed by atoms with E-state index in [1.54, 1.807) is 18.4 Å². The average Bonchev–Trinajstić information content (AvgIpc) is 2.44. The van der Waals surface area contributed by atoms with E-state index < -0.39 is 11.9 Å². The van der Waals surface area contributed by atoms with Crippen molar-refractivity contribution in [1.29, 1.82) is 0 Å². The first-order valence-electron chi connectivity index (χ1n) is 7.31. The van der Waals surface area contributed by atoms with Gasteiger partial charge in [0.1, 0.15) is 0 Å². The normalized spacial score (nSPS) is 20.2. The molecular formula is C15H22N2O4. The predicted molar refractivity (Wildman–Crippen MR) is 77.6 cm³/mol. The Morgan fingerprint density at radius 3 is 2.81 bits per heavy atom. The van der Waals surface area contributed by atoms with Crippen LogP contribution in [0, 0.1) is 19.8 Å². The minimum Gasteiger partial charge on any atom is -0.481 e. The Hall–Kier alpha value is -1.69. The van der Waals surface area contributed by atoms with E-state index in [0.717, 1.165) is 30.7 Å². The Labute approximate surface area is 123 Å². The maximum absolute atomic E-state index is 12.2. The van der Waals surface area contributed by atoms with Gasteiger partial charge in [-0.15, -0.1) is 0 Å². The second kappa shape index (κ2) is 6.39. The van der Waals surface area contributed by atoms with Crippen LogP contribution in [-0.2, 0) is 16.0 Å². The molecule has 0 spiro atoms. The molecule has 0 aromatic carbocycles. The number of hydrogen-bond acceptors (Lipinski definition) is 4. The third-order valence-corrected chi connectivity index (χ3v) is 4.14. The number of carboxylic acids is 1. The number of aliphatic carboxylic acids is 1. The standard InChI is InChI=1S/C15H22N2O4/c1-9(14(18)19)7-13-10(2)16-15(20)17(11(13)3)12-5-4-6-21-8-12/h9,12H,4-8H2,1-3H3,(H,18,19). The lowest BCUT2D eigenvalue weighted by Gasteiger charge is -2.27. The van der Waals surface area contributed by atoms with Gasteiger partial charge in [-0.3, -0.25) is 9.36 Å². The van der Waals surface area contributed by atoms with Gasteiger partial charge in [0, 0.05) is 18.0 Å². The molecular weight excluding hydrogens is 272 g/mol. The summed E-state index contributed by atoms with van der Waals surface area (Å²) in [4.78, 5) is 27.4. The fraction of sp³-hybridized carbons (Fsp3) is 0.667. The third-order valence-electron chi connectivity index (χ3n) is 4.14. The van der Waals surface area contributed by atoms with E-state index in [2.05, 4.69) is 4.98 Å². The van der Waals surface area contributed by atoms with Gasteiger partial charge < -0.3 is 9.84 Å². The van der Waals surface area contributed by atoms with E-state index in [1.165, 1.54) is 0 Å². The maximum atomic E-state index is 12.2. The minimum atomic E-state index is -0.840. The van der Waals surface area contributed by atoms with E-state index >= 15 is 0 Å². The molecule has 1 N–H and O–H groups in total. The summed E-state index contributed by atoms with van der Waals surface area (Å²) in [6.45, 7) is 6.54. The molecule has 116 valence electrons. The van der Waals surface area contributed by atoms with Gasteiger partial charge in [-0.25, -0.2) is 4.79 Å². The summed E-state index contributed by atoms with van der Waals surface area (Å²) >= 11 is 0. The van der Waals surface area contributed by atoms with Crippen LogP contribution in [-0.4, -0.2) is 33.8 Å². The summed E-state index contributed by atoms with van der Waals surface area (Å²) in [6.07, 6.45) is 2.19. The summed E-state index contributed by atoms with van der Waals surface area (Å²) in [5, 5.41) is 9.09. The summed E-state index contributed by atoms with van der Waals surface area (Å²) in [7, 11) is 0. The van der Waals surface area contributed by atoms with Crippen molar-refractivity contribution in [2.45, 2.75) is 46.1 Å². The first kappa shape index (κ1) is 15.7. The average molecular weight is 294 g/mol. The molecule has 0 bridgehead atoms. The lowest BCUT2D eigenvalue weighted by molar-refractivity contribution is -0.141. The first-order valence-corrected chi connectivity index (χ1v) is 7.31. The van der Waals surface area contributed by atoms with Gasteiger partial charge in [0.25, 0.3) is 0 Å². The number of aryl methyl sites for hydroxylation is 1. The number of carbonyl (C=O) groups is 1. The SMILES string of the molecule is Cc1nc(=O)n(C2CCCOC2)c(C)c1CC(C)C(=O)O. The quantitative estimate of drug-likeness (QED) is 0.909. The molecule has 1 fully saturated rings. The van der Waals surface area contributed by atoms with Gasteiger partial charge >= 0.3 is 11.7 Å². The van der Waals surface area contributed by atoms with Crippen LogP contribution in [0.3, 0.4) is 0 Å². The van der Waals surface area contributed by atoms with Crippen molar-refractivity contribution < 1.29 is 14.6 Å². The Balaban J connectivity index is 2.41. The Morgan fingerprint density at radius 2 is 2.24 bits per heavy atom. The zero-order chi connectivity index (χ0) is 15.6. The van der Waals surface area contributed by atoms with Gasteiger partial charge in [-0.1, -0.05) is 6.92 Å². The van der Waals surface area contributed by atoms with Crippen molar-refractivity contribution in [3.05, 3.63) is 27.4 Å². The van der Waals surface area contributed by atoms with Crippen LogP contribution in [0.1, 0.15) is 42.8 Å². The highest BCUT2D eigenvalue weighted by molar-refractivity contribution is 5.70. The molecule has 21 heavy (non-hydrogen) atoms. The smallest absolute Gasteiger partial charge is 0.348 e. The Morgan fingerprint density at radius 1 is 1.52 bits per heavy atom. The molecule has 0 saturated carbocycles. The van der Waals surface area contributed by atoms with Gasteiger partial charge in [-0.05, 0) is 38.7 Å². The summed E-state index contributed by atoms with van der Waals surface area (Å²) in [6, 6.07) is -0.00164. The summed E-state index contributed by atoms with van der Waals surface area (Å²) in [5.74, 6) is -1.34. The number of ether oxygens (including phenoxy) is 1. The van der Waals surface area contributed by atoms with E-state index in [-0.39, 0.29) is 11.7 Å². The molecule has 0 radical (unpaired) electrons. The third kappa shape index (κ3) is 3.32. The monoisotopic (exact) mass is 294 g/mol. The van der Waals surface area contributed by atoms with E-state index in [0.29, 0.717) is 18.7 Å². The fourth-order valence-electron chi connectivity index (χ4n) is 2.86. The maximum Gasteiger partial charge on any atom is 0.348 e. The fourth-order valence-corrected chi connectivity index (χ4v) is 2.86. The van der Waals surface area contributed by atoms with Crippen LogP contribution >= 0.6 is 0 Å². The van der Waals surface area contributed by atoms with Crippen LogP contribution < -0.4 is 5.69 Å². The van der Waals surface area contributed by atoms with Crippen LogP contribution in [0.2, 0.25) is 0 Å². The van der Waals surface area contributed by atoms with E-state index in [4.69, 9.17) is 9.84 Å². The predicted octanol–water partition coefficient (Wildman–Crippen LogP) is 1.47. The van der Waals surface area contributed by atoms with Crippen molar-refractivity contribution in [2.24, 2.45) is 5.92 Å². The number of carboxylic acid groups (broad SMARTS) is 1. The van der Waals surface area contributed by atoms with Gasteiger partial charge in [0.05, 0.1) is 18.6 Å². The second-order valence-electron chi connectivity index (χ2n) is 5.73. The number of rotatable bonds is 4. The number of aromatic nitrogens is 2. The van der Waals surface area contributed by atoms with Crippen LogP contribution in [0.5, 0.6) is 0 Å². The molecule has 6 heteroatoms. The molecule has 2 unspecified atom stereocenters. The lowest BCUT2D eigenvalue weighted by atomic mass is 9.98. The Kier molecular flexibility index (Phi) is 4.77. The van der Waals surface area contributed by atoms with Crippen molar-refractivity contribution >= 4 is 5.97 Å². The van der Waals surface area contributed by atoms with Crippen molar-refractivity contribution in [1.82, 2.24) is 9.55 Å². The van der Waals surface area contributed by atoms with Crippen LogP contribution in [0.25, 0.3) is 0 Å². The van der Waals surface area contributed by atoms with Crippen molar-refractivity contribution in [3.8, 4) is 0 Å². The molecule has 1 aliphatic rings. The number of nitrogens with zero attached hydrogens (tertiary/aromatic N) is 2. The molecule has 2 rings (SSSR count). The molecule has 0 amide bonds. The minimum absolute atomic E-state index is 0.00164. The lowest BCUT2D eigenvalue weighted by Crippen LogP contribution is -2.35. The molecule has 6 nitrogen and oxygen atoms in total. The topological polar surface area (TPSA) is 81.4 Å². The van der Waals surface area contributed by atoms with Crippen LogP contribution in [0.4, 0.5) is 0 Å². The Bertz CT molecular complexity index is 588. The van der Waals surface area contributed by atoms with Gasteiger partial charge in [-0.2, -0.15) is 4.98 Å². The van der Waals surface area contributed by atoms with Crippen molar-refractivity contribution in [2.75, 3.05) is 13.2 Å². The zero-order valence-corrected chi connectivity index (χ0v) is 12.8. The number of hydrogen-bond donors (Lipinski definition) is 1. The first-order chi connectivity index (χ1) is 9.91.